The number of nitrogens with zero attached hydrogens (tertiary/aromatic N) is 5. The van der Waals surface area contributed by atoms with Crippen LogP contribution in [0.1, 0.15) is 0 Å². The second kappa shape index (κ2) is 10.5. The molecular weight excluding hydrogens is 587 g/mol. The van der Waals surface area contributed by atoms with Crippen LogP contribution in [0, 0.1) is 0 Å². The second-order valence-corrected chi connectivity index (χ2v) is 12.1. The summed E-state index contributed by atoms with van der Waals surface area (Å²) < 4.78 is 0. The molecule has 48 heavy (non-hydrogen) atoms. The molecule has 0 aliphatic rings. The van der Waals surface area contributed by atoms with E-state index >= 15 is 0 Å². The maximum Gasteiger partial charge on any atom is 0.159 e. The largest absolute Gasteiger partial charge is 0.254 e. The molecule has 0 spiro atoms. The molecule has 0 unspecified atom stereocenters. The Morgan fingerprint density at radius 1 is 0.375 bits per heavy atom. The molecule has 4 aromatic heterocycles. The molecule has 5 heteroatoms. The number of hydrogen-bond donors (Lipinski definition) is 0. The second-order valence-electron chi connectivity index (χ2n) is 12.1. The van der Waals surface area contributed by atoms with Gasteiger partial charge in [-0.25, -0.2) is 15.0 Å². The molecule has 4 heterocycles. The summed E-state index contributed by atoms with van der Waals surface area (Å²) in [4.78, 5) is 24.3. The fourth-order valence-corrected chi connectivity index (χ4v) is 7.22. The minimum Gasteiger partial charge on any atom is -0.254 e. The Balaban J connectivity index is 1.08. The van der Waals surface area contributed by atoms with E-state index in [0.29, 0.717) is 5.82 Å². The zero-order valence-electron chi connectivity index (χ0n) is 25.7. The summed E-state index contributed by atoms with van der Waals surface area (Å²) in [5.41, 5.74) is 7.73. The van der Waals surface area contributed by atoms with Crippen LogP contribution in [0.3, 0.4) is 0 Å². The highest BCUT2D eigenvalue weighted by molar-refractivity contribution is 6.31. The van der Waals surface area contributed by atoms with E-state index in [1.807, 2.05) is 36.9 Å². The van der Waals surface area contributed by atoms with Crippen LogP contribution >= 0.6 is 0 Å². The molecule has 0 bridgehead atoms. The summed E-state index contributed by atoms with van der Waals surface area (Å²) in [6.45, 7) is 0. The van der Waals surface area contributed by atoms with Gasteiger partial charge in [0.15, 0.2) is 5.82 Å². The van der Waals surface area contributed by atoms with Crippen molar-refractivity contribution in [2.24, 2.45) is 0 Å². The van der Waals surface area contributed by atoms with Gasteiger partial charge in [0.2, 0.25) is 0 Å². The number of fused-ring (bicyclic) bond motifs is 11. The molecule has 6 aromatic carbocycles. The van der Waals surface area contributed by atoms with Gasteiger partial charge >= 0.3 is 0 Å². The molecule has 10 aromatic rings. The first kappa shape index (κ1) is 26.6. The van der Waals surface area contributed by atoms with E-state index in [2.05, 4.69) is 125 Å². The van der Waals surface area contributed by atoms with Gasteiger partial charge in [-0.3, -0.25) is 9.97 Å². The molecule has 5 nitrogen and oxygen atoms in total. The van der Waals surface area contributed by atoms with E-state index in [1.54, 1.807) is 0 Å². The highest BCUT2D eigenvalue weighted by atomic mass is 14.9. The van der Waals surface area contributed by atoms with Crippen LogP contribution in [0.4, 0.5) is 0 Å². The lowest BCUT2D eigenvalue weighted by atomic mass is 9.92. The summed E-state index contributed by atoms with van der Waals surface area (Å²) in [6, 6.07) is 44.5. The fourth-order valence-electron chi connectivity index (χ4n) is 7.22. The molecular formula is C43H25N5. The molecule has 0 saturated heterocycles. The first-order chi connectivity index (χ1) is 23.8. The Hall–Kier alpha value is -6.59. The quantitative estimate of drug-likeness (QED) is 0.186. The minimum absolute atomic E-state index is 0.670. The van der Waals surface area contributed by atoms with E-state index in [1.165, 1.54) is 26.9 Å². The fraction of sp³-hybridized carbons (Fsp3) is 0. The lowest BCUT2D eigenvalue weighted by Gasteiger charge is -2.15. The van der Waals surface area contributed by atoms with Crippen molar-refractivity contribution in [2.45, 2.75) is 0 Å². The molecule has 0 fully saturated rings. The van der Waals surface area contributed by atoms with Crippen molar-refractivity contribution in [1.82, 2.24) is 24.9 Å². The first-order valence-corrected chi connectivity index (χ1v) is 16.0. The third kappa shape index (κ3) is 4.01. The van der Waals surface area contributed by atoms with E-state index in [-0.39, 0.29) is 0 Å². The average Bonchev–Trinajstić information content (AvgIpc) is 3.17. The molecule has 0 N–H and O–H groups in total. The number of aromatic nitrogens is 5. The number of hydrogen-bond acceptors (Lipinski definition) is 5. The third-order valence-electron chi connectivity index (χ3n) is 9.42. The highest BCUT2D eigenvalue weighted by Crippen LogP contribution is 2.41. The summed E-state index contributed by atoms with van der Waals surface area (Å²) in [5.74, 6) is 0.670. The molecule has 0 amide bonds. The van der Waals surface area contributed by atoms with E-state index < -0.39 is 0 Å². The van der Waals surface area contributed by atoms with Crippen molar-refractivity contribution >= 4 is 65.0 Å². The Kier molecular flexibility index (Phi) is 5.81. The first-order valence-electron chi connectivity index (χ1n) is 16.0. The summed E-state index contributed by atoms with van der Waals surface area (Å²) in [5, 5.41) is 10.4. The molecule has 0 aliphatic carbocycles. The van der Waals surface area contributed by atoms with Gasteiger partial charge in [-0.1, -0.05) is 109 Å². The Morgan fingerprint density at radius 2 is 0.938 bits per heavy atom. The Morgan fingerprint density at radius 3 is 1.69 bits per heavy atom. The standard InChI is InChI=1S/C43H25N5/c1-3-12-32-30(10-1)31-11-2-5-14-34(31)41-38(32)33-13-4-6-15-35(33)39(48-41)26-17-19-27(20-18-26)43-46-24-29(25-47-43)37-23-28-9-7-21-44-40(28)42-36(37)16-8-22-45-42/h1-25H. The van der Waals surface area contributed by atoms with Crippen molar-refractivity contribution in [3.63, 3.8) is 0 Å². The van der Waals surface area contributed by atoms with Crippen LogP contribution in [0.2, 0.25) is 0 Å². The Labute approximate surface area is 275 Å². The van der Waals surface area contributed by atoms with Gasteiger partial charge in [0.1, 0.15) is 0 Å². The van der Waals surface area contributed by atoms with Gasteiger partial charge in [-0.05, 0) is 45.3 Å². The number of pyridine rings is 3. The molecule has 0 atom stereocenters. The van der Waals surface area contributed by atoms with E-state index in [9.17, 15) is 0 Å². The van der Waals surface area contributed by atoms with Crippen molar-refractivity contribution < 1.29 is 0 Å². The molecule has 222 valence electrons. The zero-order valence-corrected chi connectivity index (χ0v) is 25.7. The highest BCUT2D eigenvalue weighted by Gasteiger charge is 2.17. The van der Waals surface area contributed by atoms with Gasteiger partial charge in [-0.2, -0.15) is 0 Å². The van der Waals surface area contributed by atoms with Crippen LogP contribution in [0.5, 0.6) is 0 Å². The smallest absolute Gasteiger partial charge is 0.159 e. The van der Waals surface area contributed by atoms with Gasteiger partial charge < -0.3 is 0 Å². The normalized spacial score (nSPS) is 11.8. The summed E-state index contributed by atoms with van der Waals surface area (Å²) >= 11 is 0. The molecule has 10 rings (SSSR count). The average molecular weight is 612 g/mol. The number of rotatable bonds is 3. The zero-order chi connectivity index (χ0) is 31.6. The summed E-state index contributed by atoms with van der Waals surface area (Å²) in [6.07, 6.45) is 7.41. The van der Waals surface area contributed by atoms with Crippen LogP contribution < -0.4 is 0 Å². The van der Waals surface area contributed by atoms with Gasteiger partial charge in [-0.15, -0.1) is 0 Å². The molecule has 0 radical (unpaired) electrons. The summed E-state index contributed by atoms with van der Waals surface area (Å²) in [7, 11) is 0. The maximum atomic E-state index is 5.41. The van der Waals surface area contributed by atoms with Crippen molar-refractivity contribution in [3.8, 4) is 33.8 Å². The monoisotopic (exact) mass is 611 g/mol. The SMILES string of the molecule is c1cnc2c(c1)cc(-c1cnc(-c3ccc(-c4nc5c6ccccc6c6ccccc6c5c5ccccc45)cc3)nc1)c1cccnc12. The maximum absolute atomic E-state index is 5.41. The van der Waals surface area contributed by atoms with E-state index in [4.69, 9.17) is 15.0 Å². The predicted octanol–water partition coefficient (Wildman–Crippen LogP) is 10.6. The van der Waals surface area contributed by atoms with Crippen LogP contribution in [0.15, 0.2) is 152 Å². The predicted molar refractivity (Wildman–Crippen MR) is 197 cm³/mol. The van der Waals surface area contributed by atoms with Gasteiger partial charge in [0.05, 0.1) is 22.2 Å². The lowest BCUT2D eigenvalue weighted by molar-refractivity contribution is 1.18. The van der Waals surface area contributed by atoms with Crippen LogP contribution in [-0.4, -0.2) is 24.9 Å². The lowest BCUT2D eigenvalue weighted by Crippen LogP contribution is -1.94. The number of benzene rings is 6. The van der Waals surface area contributed by atoms with Crippen LogP contribution in [-0.2, 0) is 0 Å². The van der Waals surface area contributed by atoms with E-state index in [0.717, 1.165) is 66.0 Å². The molecule has 0 saturated carbocycles. The van der Waals surface area contributed by atoms with Gasteiger partial charge in [0, 0.05) is 68.4 Å². The van der Waals surface area contributed by atoms with Crippen molar-refractivity contribution in [2.75, 3.05) is 0 Å². The van der Waals surface area contributed by atoms with Crippen molar-refractivity contribution in [3.05, 3.63) is 152 Å². The Bertz CT molecular complexity index is 2880. The van der Waals surface area contributed by atoms with Crippen LogP contribution in [0.25, 0.3) is 98.8 Å². The topological polar surface area (TPSA) is 64.5 Å². The van der Waals surface area contributed by atoms with Crippen molar-refractivity contribution in [1.29, 1.82) is 0 Å². The third-order valence-corrected chi connectivity index (χ3v) is 9.42. The molecule has 0 aliphatic heterocycles. The van der Waals surface area contributed by atoms with Gasteiger partial charge in [0.25, 0.3) is 0 Å². The minimum atomic E-state index is 0.670.